The summed E-state index contributed by atoms with van der Waals surface area (Å²) in [4.78, 5) is 22.1. The van der Waals surface area contributed by atoms with Gasteiger partial charge in [-0.05, 0) is 18.6 Å². The van der Waals surface area contributed by atoms with Crippen molar-refractivity contribution in [3.8, 4) is 0 Å². The third kappa shape index (κ3) is 8.02. The number of carbonyl (C=O) groups excluding carboxylic acids is 1. The Bertz CT molecular complexity index is 535. The van der Waals surface area contributed by atoms with Crippen LogP contribution in [0.4, 0.5) is 0 Å². The summed E-state index contributed by atoms with van der Waals surface area (Å²) in [6, 6.07) is 10.0. The Labute approximate surface area is 167 Å². The van der Waals surface area contributed by atoms with E-state index in [1.807, 2.05) is 24.3 Å². The van der Waals surface area contributed by atoms with Gasteiger partial charge in [-0.25, -0.2) is 4.79 Å². The predicted molar refractivity (Wildman–Crippen MR) is 117 cm³/mol. The van der Waals surface area contributed by atoms with Gasteiger partial charge >= 0.3 is 5.97 Å². The Morgan fingerprint density at radius 3 is 2.04 bits per heavy atom. The highest BCUT2D eigenvalue weighted by Gasteiger charge is 2.27. The van der Waals surface area contributed by atoms with Gasteiger partial charge in [0.2, 0.25) is 0 Å². The van der Waals surface area contributed by atoms with Crippen LogP contribution >= 0.6 is 0 Å². The van der Waals surface area contributed by atoms with E-state index >= 15 is 0 Å². The van der Waals surface area contributed by atoms with E-state index in [2.05, 4.69) is 33.0 Å². The highest BCUT2D eigenvalue weighted by atomic mass is 28.3. The Kier molecular flexibility index (Phi) is 12.0. The van der Waals surface area contributed by atoms with Crippen LogP contribution < -0.4 is 5.19 Å². The lowest BCUT2D eigenvalue weighted by molar-refractivity contribution is -0.241. The minimum atomic E-state index is -1.63. The Balaban J connectivity index is 2.28. The van der Waals surface area contributed by atoms with Crippen molar-refractivity contribution in [2.24, 2.45) is 0 Å². The van der Waals surface area contributed by atoms with Crippen molar-refractivity contribution in [3.63, 3.8) is 0 Å². The molecule has 0 spiro atoms. The zero-order valence-electron chi connectivity index (χ0n) is 17.3. The van der Waals surface area contributed by atoms with Gasteiger partial charge in [0.1, 0.15) is 8.07 Å². The van der Waals surface area contributed by atoms with Gasteiger partial charge in [0.25, 0.3) is 0 Å². The molecular formula is C23H37O3Si. The maximum Gasteiger partial charge on any atom is 0.373 e. The number of hydrogen-bond acceptors (Lipinski definition) is 3. The fourth-order valence-corrected chi connectivity index (χ4v) is 6.33. The monoisotopic (exact) mass is 389 g/mol. The maximum absolute atomic E-state index is 12.1. The van der Waals surface area contributed by atoms with Gasteiger partial charge in [0.05, 0.1) is 12.2 Å². The van der Waals surface area contributed by atoms with Crippen molar-refractivity contribution in [1.29, 1.82) is 0 Å². The van der Waals surface area contributed by atoms with Gasteiger partial charge in [-0.3, -0.25) is 4.89 Å². The molecule has 4 heteroatoms. The molecule has 0 atom stereocenters. The summed E-state index contributed by atoms with van der Waals surface area (Å²) in [5.74, 6) is -0.423. The molecule has 0 aliphatic heterocycles. The zero-order valence-corrected chi connectivity index (χ0v) is 18.3. The average Bonchev–Trinajstić information content (AvgIpc) is 2.71. The molecule has 0 saturated carbocycles. The van der Waals surface area contributed by atoms with Gasteiger partial charge in [0, 0.05) is 0 Å². The first-order chi connectivity index (χ1) is 13.1. The normalized spacial score (nSPS) is 11.4. The molecule has 0 aliphatic carbocycles. The molecule has 1 aromatic carbocycles. The van der Waals surface area contributed by atoms with E-state index in [1.165, 1.54) is 37.3 Å². The van der Waals surface area contributed by atoms with E-state index < -0.39 is 14.0 Å². The number of benzene rings is 1. The van der Waals surface area contributed by atoms with E-state index in [0.29, 0.717) is 12.2 Å². The van der Waals surface area contributed by atoms with E-state index in [9.17, 15) is 4.79 Å². The number of unbranched alkanes of at least 4 members (excludes halogenated alkanes) is 7. The highest BCUT2D eigenvalue weighted by Crippen LogP contribution is 2.17. The summed E-state index contributed by atoms with van der Waals surface area (Å²) < 4.78 is 0. The SMILES string of the molecule is [CH2]CCCCCCCCCOOC(=O)c1ccc([Si](C=C)(CC)CC)cc1. The lowest BCUT2D eigenvalue weighted by atomic mass is 10.1. The first-order valence-corrected chi connectivity index (χ1v) is 13.0. The standard InChI is InChI=1S/C23H37O3Si/c1-5-9-10-11-12-13-14-15-20-25-26-23(24)21-16-18-22(19-17-21)27(6-2,7-3)8-4/h6,16-19H,1-2,5,7-15,20H2,3-4H3. The highest BCUT2D eigenvalue weighted by molar-refractivity contribution is 6.95. The van der Waals surface area contributed by atoms with Crippen molar-refractivity contribution < 1.29 is 14.6 Å². The van der Waals surface area contributed by atoms with Gasteiger partial charge in [-0.2, -0.15) is 4.89 Å². The minimum absolute atomic E-state index is 0.423. The van der Waals surface area contributed by atoms with Crippen LogP contribution in [-0.2, 0) is 9.78 Å². The van der Waals surface area contributed by atoms with Crippen molar-refractivity contribution >= 4 is 19.2 Å². The van der Waals surface area contributed by atoms with Gasteiger partial charge in [-0.1, -0.05) is 101 Å². The van der Waals surface area contributed by atoms with E-state index in [1.54, 1.807) is 0 Å². The fraction of sp³-hybridized carbons (Fsp3) is 0.565. The second-order valence-corrected chi connectivity index (χ2v) is 11.9. The molecule has 0 saturated heterocycles. The molecule has 1 rings (SSSR count). The van der Waals surface area contributed by atoms with Crippen molar-refractivity contribution in [2.45, 2.75) is 77.3 Å². The van der Waals surface area contributed by atoms with Crippen LogP contribution in [0.25, 0.3) is 0 Å². The van der Waals surface area contributed by atoms with Gasteiger partial charge in [-0.15, -0.1) is 6.58 Å². The number of rotatable bonds is 15. The van der Waals surface area contributed by atoms with Crippen LogP contribution in [0.2, 0.25) is 12.1 Å². The lowest BCUT2D eigenvalue weighted by Crippen LogP contribution is -2.44. The number of hydrogen-bond donors (Lipinski definition) is 0. The van der Waals surface area contributed by atoms with Crippen LogP contribution in [0.5, 0.6) is 0 Å². The Morgan fingerprint density at radius 1 is 0.963 bits per heavy atom. The van der Waals surface area contributed by atoms with E-state index in [4.69, 9.17) is 9.78 Å². The van der Waals surface area contributed by atoms with Crippen molar-refractivity contribution in [2.75, 3.05) is 6.61 Å². The summed E-state index contributed by atoms with van der Waals surface area (Å²) in [5.41, 5.74) is 2.67. The smallest absolute Gasteiger partial charge is 0.293 e. The summed E-state index contributed by atoms with van der Waals surface area (Å²) in [6.07, 6.45) is 9.33. The third-order valence-corrected chi connectivity index (χ3v) is 10.2. The topological polar surface area (TPSA) is 35.5 Å². The van der Waals surface area contributed by atoms with Crippen LogP contribution in [-0.4, -0.2) is 20.7 Å². The first kappa shape index (κ1) is 23.6. The van der Waals surface area contributed by atoms with E-state index in [0.717, 1.165) is 31.4 Å². The Hall–Kier alpha value is -1.39. The van der Waals surface area contributed by atoms with E-state index in [-0.39, 0.29) is 0 Å². The molecule has 0 N–H and O–H groups in total. The minimum Gasteiger partial charge on any atom is -0.293 e. The Morgan fingerprint density at radius 2 is 1.52 bits per heavy atom. The van der Waals surface area contributed by atoms with Gasteiger partial charge in [0.15, 0.2) is 0 Å². The molecule has 0 aliphatic rings. The van der Waals surface area contributed by atoms with Crippen LogP contribution in [0.15, 0.2) is 36.5 Å². The number of carbonyl (C=O) groups is 1. The molecule has 0 amide bonds. The molecule has 0 heterocycles. The van der Waals surface area contributed by atoms with Crippen LogP contribution in [0, 0.1) is 6.92 Å². The molecule has 1 radical (unpaired) electrons. The van der Waals surface area contributed by atoms with Crippen molar-refractivity contribution in [1.82, 2.24) is 0 Å². The van der Waals surface area contributed by atoms with Crippen LogP contribution in [0.3, 0.4) is 0 Å². The fourth-order valence-electron chi connectivity index (χ4n) is 3.37. The molecule has 0 bridgehead atoms. The second kappa shape index (κ2) is 13.7. The second-order valence-electron chi connectivity index (χ2n) is 7.17. The predicted octanol–water partition coefficient (Wildman–Crippen LogP) is 6.15. The molecule has 1 aromatic rings. The summed E-state index contributed by atoms with van der Waals surface area (Å²) in [6.45, 7) is 12.8. The first-order valence-electron chi connectivity index (χ1n) is 10.5. The molecule has 3 nitrogen and oxygen atoms in total. The van der Waals surface area contributed by atoms with Crippen molar-refractivity contribution in [3.05, 3.63) is 49.0 Å². The molecular weight excluding hydrogens is 352 g/mol. The largest absolute Gasteiger partial charge is 0.373 e. The molecule has 27 heavy (non-hydrogen) atoms. The maximum atomic E-state index is 12.1. The summed E-state index contributed by atoms with van der Waals surface area (Å²) in [7, 11) is -1.63. The quantitative estimate of drug-likeness (QED) is 0.156. The lowest BCUT2D eigenvalue weighted by Gasteiger charge is -2.25. The third-order valence-electron chi connectivity index (χ3n) is 5.46. The van der Waals surface area contributed by atoms with Gasteiger partial charge < -0.3 is 0 Å². The molecule has 151 valence electrons. The molecule has 0 unspecified atom stereocenters. The summed E-state index contributed by atoms with van der Waals surface area (Å²) >= 11 is 0. The average molecular weight is 390 g/mol. The molecule has 0 fully saturated rings. The summed E-state index contributed by atoms with van der Waals surface area (Å²) in [5, 5.41) is 1.31. The molecule has 0 aromatic heterocycles. The van der Waals surface area contributed by atoms with Crippen LogP contribution in [0.1, 0.15) is 75.6 Å². The zero-order chi connectivity index (χ0) is 20.0.